The second-order valence-corrected chi connectivity index (χ2v) is 8.69. The number of nitrogens with one attached hydrogen (secondary N) is 1. The van der Waals surface area contributed by atoms with Crippen LogP contribution in [0.2, 0.25) is 5.02 Å². The van der Waals surface area contributed by atoms with Gasteiger partial charge in [-0.15, -0.1) is 0 Å². The largest absolute Gasteiger partial charge is 0.468 e. The Bertz CT molecular complexity index is 864. The lowest BCUT2D eigenvalue weighted by atomic mass is 10.1. The summed E-state index contributed by atoms with van der Waals surface area (Å²) in [5.74, 6) is 0.259. The predicted octanol–water partition coefficient (Wildman–Crippen LogP) is 2.22. The van der Waals surface area contributed by atoms with Crippen molar-refractivity contribution >= 4 is 27.5 Å². The van der Waals surface area contributed by atoms with Gasteiger partial charge in [-0.05, 0) is 44.4 Å². The summed E-state index contributed by atoms with van der Waals surface area (Å²) in [6, 6.07) is 7.50. The first-order chi connectivity index (χ1) is 12.1. The van der Waals surface area contributed by atoms with Crippen LogP contribution in [0, 0.1) is 0 Å². The Kier molecular flexibility index (Phi) is 6.46. The molecule has 0 aliphatic rings. The molecule has 7 nitrogen and oxygen atoms in total. The van der Waals surface area contributed by atoms with E-state index in [4.69, 9.17) is 16.0 Å². The molecular weight excluding hydrogens is 378 g/mol. The molecule has 1 atom stereocenters. The van der Waals surface area contributed by atoms with E-state index in [0.717, 1.165) is 4.31 Å². The van der Waals surface area contributed by atoms with Gasteiger partial charge in [0.1, 0.15) is 5.76 Å². The van der Waals surface area contributed by atoms with Crippen LogP contribution in [0.1, 0.15) is 22.2 Å². The fourth-order valence-electron chi connectivity index (χ4n) is 2.35. The van der Waals surface area contributed by atoms with Gasteiger partial charge in [-0.3, -0.25) is 9.69 Å². The van der Waals surface area contributed by atoms with Crippen molar-refractivity contribution in [1.29, 1.82) is 0 Å². The zero-order chi connectivity index (χ0) is 19.5. The van der Waals surface area contributed by atoms with Gasteiger partial charge in [0.05, 0.1) is 27.8 Å². The number of hydrogen-bond donors (Lipinski definition) is 1. The third kappa shape index (κ3) is 4.45. The SMILES string of the molecule is CN(C)[C@@H](CNC(=O)c1cc(S(=O)(=O)N(C)C)ccc1Cl)c1ccco1. The van der Waals surface area contributed by atoms with Gasteiger partial charge in [-0.1, -0.05) is 11.6 Å². The van der Waals surface area contributed by atoms with Gasteiger partial charge in [-0.2, -0.15) is 0 Å². The maximum Gasteiger partial charge on any atom is 0.252 e. The number of amides is 1. The average molecular weight is 400 g/mol. The topological polar surface area (TPSA) is 82.9 Å². The van der Waals surface area contributed by atoms with E-state index in [2.05, 4.69) is 5.32 Å². The Labute approximate surface area is 158 Å². The van der Waals surface area contributed by atoms with Crippen LogP contribution in [0.25, 0.3) is 0 Å². The van der Waals surface area contributed by atoms with E-state index in [1.807, 2.05) is 25.1 Å². The maximum atomic E-state index is 12.6. The van der Waals surface area contributed by atoms with Crippen molar-refractivity contribution in [3.05, 3.63) is 52.9 Å². The summed E-state index contributed by atoms with van der Waals surface area (Å²) >= 11 is 6.10. The summed E-state index contributed by atoms with van der Waals surface area (Å²) in [7, 11) is 2.94. The minimum absolute atomic E-state index is 0.00671. The normalized spacial score (nSPS) is 13.2. The van der Waals surface area contributed by atoms with Crippen LogP contribution in [0.3, 0.4) is 0 Å². The molecule has 0 unspecified atom stereocenters. The van der Waals surface area contributed by atoms with Gasteiger partial charge in [0.15, 0.2) is 0 Å². The van der Waals surface area contributed by atoms with Crippen LogP contribution in [-0.4, -0.2) is 58.3 Å². The minimum atomic E-state index is -3.66. The number of carbonyl (C=O) groups is 1. The van der Waals surface area contributed by atoms with Crippen LogP contribution in [0.5, 0.6) is 0 Å². The van der Waals surface area contributed by atoms with Gasteiger partial charge in [0, 0.05) is 20.6 Å². The average Bonchev–Trinajstić information content (AvgIpc) is 3.08. The molecule has 1 aromatic heterocycles. The molecule has 142 valence electrons. The molecule has 2 rings (SSSR count). The van der Waals surface area contributed by atoms with Crippen LogP contribution >= 0.6 is 11.6 Å². The number of furan rings is 1. The smallest absolute Gasteiger partial charge is 0.252 e. The maximum absolute atomic E-state index is 12.6. The van der Waals surface area contributed by atoms with E-state index < -0.39 is 15.9 Å². The fourth-order valence-corrected chi connectivity index (χ4v) is 3.48. The van der Waals surface area contributed by atoms with Crippen LogP contribution < -0.4 is 5.32 Å². The highest BCUT2D eigenvalue weighted by Crippen LogP contribution is 2.23. The van der Waals surface area contributed by atoms with Crippen LogP contribution in [0.15, 0.2) is 45.9 Å². The molecule has 2 aromatic rings. The number of nitrogens with zero attached hydrogens (tertiary/aromatic N) is 2. The van der Waals surface area contributed by atoms with Gasteiger partial charge in [0.25, 0.3) is 5.91 Å². The molecule has 0 bridgehead atoms. The number of hydrogen-bond acceptors (Lipinski definition) is 5. The molecule has 0 saturated heterocycles. The molecule has 1 N–H and O–H groups in total. The van der Waals surface area contributed by atoms with Gasteiger partial charge >= 0.3 is 0 Å². The van der Waals surface area contributed by atoms with E-state index in [1.165, 1.54) is 32.3 Å². The number of carbonyl (C=O) groups excluding carboxylic acids is 1. The predicted molar refractivity (Wildman–Crippen MR) is 99.8 cm³/mol. The molecular formula is C17H22ClN3O4S. The third-order valence-corrected chi connectivity index (χ3v) is 6.05. The molecule has 0 aliphatic carbocycles. The van der Waals surface area contributed by atoms with Gasteiger partial charge in [0.2, 0.25) is 10.0 Å². The molecule has 1 heterocycles. The first kappa shape index (κ1) is 20.4. The van der Waals surface area contributed by atoms with Crippen molar-refractivity contribution < 1.29 is 17.6 Å². The molecule has 1 aromatic carbocycles. The number of sulfonamides is 1. The molecule has 9 heteroatoms. The summed E-state index contributed by atoms with van der Waals surface area (Å²) in [5.41, 5.74) is 0.103. The Hall–Kier alpha value is -1.87. The lowest BCUT2D eigenvalue weighted by Gasteiger charge is -2.22. The van der Waals surface area contributed by atoms with Crippen molar-refractivity contribution in [1.82, 2.24) is 14.5 Å². The lowest BCUT2D eigenvalue weighted by molar-refractivity contribution is 0.0939. The standard InChI is InChI=1S/C17H22ClN3O4S/c1-20(2)15(16-6-5-9-25-16)11-19-17(22)13-10-12(7-8-14(13)18)26(23,24)21(3)4/h5-10,15H,11H2,1-4H3,(H,19,22)/t15-/m0/s1. The first-order valence-corrected chi connectivity index (χ1v) is 9.66. The summed E-state index contributed by atoms with van der Waals surface area (Å²) < 4.78 is 31.0. The van der Waals surface area contributed by atoms with Crippen molar-refractivity contribution in [2.24, 2.45) is 0 Å². The summed E-state index contributed by atoms with van der Waals surface area (Å²) in [6.07, 6.45) is 1.57. The summed E-state index contributed by atoms with van der Waals surface area (Å²) in [6.45, 7) is 0.278. The quantitative estimate of drug-likeness (QED) is 0.771. The Balaban J connectivity index is 2.22. The number of halogens is 1. The molecule has 0 saturated carbocycles. The Morgan fingerprint density at radius 2 is 1.92 bits per heavy atom. The Morgan fingerprint density at radius 3 is 2.46 bits per heavy atom. The second kappa shape index (κ2) is 8.22. The summed E-state index contributed by atoms with van der Waals surface area (Å²) in [5, 5.41) is 2.96. The zero-order valence-corrected chi connectivity index (χ0v) is 16.6. The second-order valence-electron chi connectivity index (χ2n) is 6.13. The van der Waals surface area contributed by atoms with Crippen molar-refractivity contribution in [2.75, 3.05) is 34.7 Å². The molecule has 0 aliphatic heterocycles. The van der Waals surface area contributed by atoms with E-state index in [1.54, 1.807) is 12.3 Å². The number of benzene rings is 1. The molecule has 0 radical (unpaired) electrons. The first-order valence-electron chi connectivity index (χ1n) is 7.84. The molecule has 1 amide bonds. The van der Waals surface area contributed by atoms with Crippen LogP contribution in [-0.2, 0) is 10.0 Å². The van der Waals surface area contributed by atoms with E-state index in [9.17, 15) is 13.2 Å². The highest BCUT2D eigenvalue weighted by atomic mass is 35.5. The van der Waals surface area contributed by atoms with Crippen molar-refractivity contribution in [3.63, 3.8) is 0 Å². The van der Waals surface area contributed by atoms with Gasteiger partial charge in [-0.25, -0.2) is 12.7 Å². The number of rotatable bonds is 7. The third-order valence-electron chi connectivity index (χ3n) is 3.91. The van der Waals surface area contributed by atoms with Crippen molar-refractivity contribution in [2.45, 2.75) is 10.9 Å². The fraction of sp³-hybridized carbons (Fsp3) is 0.353. The van der Waals surface area contributed by atoms with Gasteiger partial charge < -0.3 is 9.73 Å². The minimum Gasteiger partial charge on any atom is -0.468 e. The zero-order valence-electron chi connectivity index (χ0n) is 15.1. The van der Waals surface area contributed by atoms with Crippen molar-refractivity contribution in [3.8, 4) is 0 Å². The highest BCUT2D eigenvalue weighted by molar-refractivity contribution is 7.89. The monoisotopic (exact) mass is 399 g/mol. The molecule has 0 fully saturated rings. The van der Waals surface area contributed by atoms with E-state index >= 15 is 0 Å². The van der Waals surface area contributed by atoms with E-state index in [-0.39, 0.29) is 28.1 Å². The lowest BCUT2D eigenvalue weighted by Crippen LogP contribution is -2.34. The molecule has 0 spiro atoms. The van der Waals surface area contributed by atoms with Crippen LogP contribution in [0.4, 0.5) is 0 Å². The highest BCUT2D eigenvalue weighted by Gasteiger charge is 2.22. The number of likely N-dealkylation sites (N-methyl/N-ethyl adjacent to an activating group) is 1. The van der Waals surface area contributed by atoms with E-state index in [0.29, 0.717) is 5.76 Å². The summed E-state index contributed by atoms with van der Waals surface area (Å²) in [4.78, 5) is 14.5. The molecule has 26 heavy (non-hydrogen) atoms. The Morgan fingerprint density at radius 1 is 1.23 bits per heavy atom.